The van der Waals surface area contributed by atoms with Crippen LogP contribution in [0.4, 0.5) is 0 Å². The largest absolute Gasteiger partial charge is 0.385 e. The number of amides is 2. The standard InChI is InChI=1S/C20H29N3O3/c1-26-12-2-10-23-18-9-11-22(14-17(18)7-8-19(23)24)20(25)16-5-3-15(13-21)4-6-16/h3-6,17-18H,2,7-14,21H2,1H3. The molecule has 0 aliphatic carbocycles. The van der Waals surface area contributed by atoms with Gasteiger partial charge in [0.25, 0.3) is 5.91 Å². The summed E-state index contributed by atoms with van der Waals surface area (Å²) >= 11 is 0. The van der Waals surface area contributed by atoms with Gasteiger partial charge < -0.3 is 20.3 Å². The third kappa shape index (κ3) is 4.07. The quantitative estimate of drug-likeness (QED) is 0.784. The predicted molar refractivity (Wildman–Crippen MR) is 99.6 cm³/mol. The van der Waals surface area contributed by atoms with E-state index in [1.807, 2.05) is 34.1 Å². The number of methoxy groups -OCH3 is 1. The average molecular weight is 359 g/mol. The minimum absolute atomic E-state index is 0.0786. The van der Waals surface area contributed by atoms with Crippen molar-refractivity contribution in [1.29, 1.82) is 0 Å². The number of nitrogens with zero attached hydrogens (tertiary/aromatic N) is 2. The lowest BCUT2D eigenvalue weighted by atomic mass is 9.83. The number of carbonyl (C=O) groups is 2. The van der Waals surface area contributed by atoms with Gasteiger partial charge in [0.05, 0.1) is 0 Å². The van der Waals surface area contributed by atoms with Gasteiger partial charge in [-0.1, -0.05) is 12.1 Å². The van der Waals surface area contributed by atoms with E-state index >= 15 is 0 Å². The zero-order chi connectivity index (χ0) is 18.5. The minimum atomic E-state index is 0.0786. The number of benzene rings is 1. The molecule has 2 fully saturated rings. The van der Waals surface area contributed by atoms with E-state index in [1.165, 1.54) is 0 Å². The number of fused-ring (bicyclic) bond motifs is 1. The van der Waals surface area contributed by atoms with Crippen LogP contribution in [-0.4, -0.2) is 61.0 Å². The van der Waals surface area contributed by atoms with Crippen LogP contribution in [0, 0.1) is 5.92 Å². The molecule has 0 radical (unpaired) electrons. The van der Waals surface area contributed by atoms with Crippen molar-refractivity contribution in [2.75, 3.05) is 33.4 Å². The number of likely N-dealkylation sites (tertiary alicyclic amines) is 2. The van der Waals surface area contributed by atoms with Gasteiger partial charge in [0.15, 0.2) is 0 Å². The number of nitrogens with two attached hydrogens (primary N) is 1. The molecule has 2 unspecified atom stereocenters. The van der Waals surface area contributed by atoms with Crippen molar-refractivity contribution in [2.24, 2.45) is 11.7 Å². The molecule has 26 heavy (non-hydrogen) atoms. The molecule has 2 N–H and O–H groups in total. The van der Waals surface area contributed by atoms with Crippen LogP contribution in [0.5, 0.6) is 0 Å². The van der Waals surface area contributed by atoms with Crippen LogP contribution in [0.25, 0.3) is 0 Å². The second-order valence-corrected chi connectivity index (χ2v) is 7.24. The molecule has 1 aromatic carbocycles. The molecule has 142 valence electrons. The topological polar surface area (TPSA) is 75.9 Å². The first kappa shape index (κ1) is 18.9. The summed E-state index contributed by atoms with van der Waals surface area (Å²) in [6.07, 6.45) is 3.18. The van der Waals surface area contributed by atoms with Gasteiger partial charge in [-0.3, -0.25) is 9.59 Å². The van der Waals surface area contributed by atoms with Crippen LogP contribution >= 0.6 is 0 Å². The molecule has 2 aliphatic heterocycles. The zero-order valence-corrected chi connectivity index (χ0v) is 15.5. The Kier molecular flexibility index (Phi) is 6.27. The minimum Gasteiger partial charge on any atom is -0.385 e. The van der Waals surface area contributed by atoms with Gasteiger partial charge in [0.1, 0.15) is 0 Å². The van der Waals surface area contributed by atoms with Gasteiger partial charge in [-0.05, 0) is 42.9 Å². The first-order chi connectivity index (χ1) is 12.6. The number of rotatable bonds is 6. The molecular formula is C20H29N3O3. The highest BCUT2D eigenvalue weighted by Gasteiger charge is 2.40. The molecule has 0 bridgehead atoms. The van der Waals surface area contributed by atoms with E-state index in [0.29, 0.717) is 37.6 Å². The summed E-state index contributed by atoms with van der Waals surface area (Å²) in [4.78, 5) is 29.1. The summed E-state index contributed by atoms with van der Waals surface area (Å²) in [5.41, 5.74) is 7.36. The van der Waals surface area contributed by atoms with Crippen LogP contribution in [0.3, 0.4) is 0 Å². The molecule has 2 atom stereocenters. The molecule has 1 aromatic rings. The first-order valence-electron chi connectivity index (χ1n) is 9.50. The normalized spacial score (nSPS) is 23.1. The maximum Gasteiger partial charge on any atom is 0.253 e. The average Bonchev–Trinajstić information content (AvgIpc) is 2.69. The van der Waals surface area contributed by atoms with E-state index in [0.717, 1.165) is 37.9 Å². The van der Waals surface area contributed by atoms with Gasteiger partial charge >= 0.3 is 0 Å². The highest BCUT2D eigenvalue weighted by molar-refractivity contribution is 5.94. The van der Waals surface area contributed by atoms with Gasteiger partial charge in [-0.25, -0.2) is 0 Å². The molecule has 2 heterocycles. The summed E-state index contributed by atoms with van der Waals surface area (Å²) < 4.78 is 5.12. The molecule has 2 aliphatic rings. The van der Waals surface area contributed by atoms with E-state index in [2.05, 4.69) is 0 Å². The Morgan fingerprint density at radius 2 is 2.04 bits per heavy atom. The molecule has 3 rings (SSSR count). The van der Waals surface area contributed by atoms with Crippen LogP contribution in [0.1, 0.15) is 41.6 Å². The SMILES string of the molecule is COCCCN1C(=O)CCC2CN(C(=O)c3ccc(CN)cc3)CCC21. The van der Waals surface area contributed by atoms with Crippen molar-refractivity contribution in [3.8, 4) is 0 Å². The Labute approximate surface area is 155 Å². The number of ether oxygens (including phenoxy) is 1. The van der Waals surface area contributed by atoms with E-state index in [9.17, 15) is 9.59 Å². The zero-order valence-electron chi connectivity index (χ0n) is 15.5. The molecule has 2 saturated heterocycles. The summed E-state index contributed by atoms with van der Waals surface area (Å²) in [5.74, 6) is 0.700. The highest BCUT2D eigenvalue weighted by Crippen LogP contribution is 2.32. The fourth-order valence-electron chi connectivity index (χ4n) is 4.17. The number of piperidine rings is 2. The Bertz CT molecular complexity index is 632. The van der Waals surface area contributed by atoms with E-state index in [-0.39, 0.29) is 17.9 Å². The van der Waals surface area contributed by atoms with Crippen LogP contribution in [0.15, 0.2) is 24.3 Å². The predicted octanol–water partition coefficient (Wildman–Crippen LogP) is 1.63. The molecular weight excluding hydrogens is 330 g/mol. The van der Waals surface area contributed by atoms with E-state index in [4.69, 9.17) is 10.5 Å². The van der Waals surface area contributed by atoms with E-state index < -0.39 is 0 Å². The monoisotopic (exact) mass is 359 g/mol. The smallest absolute Gasteiger partial charge is 0.253 e. The Morgan fingerprint density at radius 3 is 2.73 bits per heavy atom. The summed E-state index contributed by atoms with van der Waals surface area (Å²) in [6.45, 7) is 3.34. The van der Waals surface area contributed by atoms with E-state index in [1.54, 1.807) is 7.11 Å². The van der Waals surface area contributed by atoms with Crippen LogP contribution in [-0.2, 0) is 16.1 Å². The lowest BCUT2D eigenvalue weighted by Gasteiger charge is -2.47. The van der Waals surface area contributed by atoms with Crippen LogP contribution < -0.4 is 5.73 Å². The summed E-state index contributed by atoms with van der Waals surface area (Å²) in [7, 11) is 1.69. The maximum absolute atomic E-state index is 12.8. The lowest BCUT2D eigenvalue weighted by Crippen LogP contribution is -2.57. The van der Waals surface area contributed by atoms with Crippen molar-refractivity contribution in [2.45, 2.75) is 38.3 Å². The molecule has 6 nitrogen and oxygen atoms in total. The van der Waals surface area contributed by atoms with Crippen molar-refractivity contribution >= 4 is 11.8 Å². The first-order valence-corrected chi connectivity index (χ1v) is 9.50. The highest BCUT2D eigenvalue weighted by atomic mass is 16.5. The molecule has 0 aromatic heterocycles. The third-order valence-corrected chi connectivity index (χ3v) is 5.61. The Morgan fingerprint density at radius 1 is 1.27 bits per heavy atom. The summed E-state index contributed by atoms with van der Waals surface area (Å²) in [6, 6.07) is 7.81. The third-order valence-electron chi connectivity index (χ3n) is 5.61. The Hall–Kier alpha value is -1.92. The summed E-state index contributed by atoms with van der Waals surface area (Å²) in [5, 5.41) is 0. The number of carbonyl (C=O) groups excluding carboxylic acids is 2. The van der Waals surface area contributed by atoms with Gasteiger partial charge in [0.2, 0.25) is 5.91 Å². The maximum atomic E-state index is 12.8. The molecule has 6 heteroatoms. The van der Waals surface area contributed by atoms with Gasteiger partial charge in [0, 0.05) is 57.9 Å². The van der Waals surface area contributed by atoms with Crippen LogP contribution in [0.2, 0.25) is 0 Å². The van der Waals surface area contributed by atoms with Crippen molar-refractivity contribution in [3.05, 3.63) is 35.4 Å². The molecule has 0 spiro atoms. The number of hydrogen-bond acceptors (Lipinski definition) is 4. The van der Waals surface area contributed by atoms with Crippen molar-refractivity contribution in [1.82, 2.24) is 9.80 Å². The fraction of sp³-hybridized carbons (Fsp3) is 0.600. The lowest BCUT2D eigenvalue weighted by molar-refractivity contribution is -0.140. The second-order valence-electron chi connectivity index (χ2n) is 7.24. The molecule has 2 amide bonds. The van der Waals surface area contributed by atoms with Crippen molar-refractivity contribution in [3.63, 3.8) is 0 Å². The van der Waals surface area contributed by atoms with Crippen molar-refractivity contribution < 1.29 is 14.3 Å². The number of hydrogen-bond donors (Lipinski definition) is 1. The second kappa shape index (κ2) is 8.64. The Balaban J connectivity index is 1.63. The van der Waals surface area contributed by atoms with Gasteiger partial charge in [-0.2, -0.15) is 0 Å². The van der Waals surface area contributed by atoms with Gasteiger partial charge in [-0.15, -0.1) is 0 Å². The molecule has 0 saturated carbocycles. The fourth-order valence-corrected chi connectivity index (χ4v) is 4.17.